The first-order valence-corrected chi connectivity index (χ1v) is 8.51. The number of hydrogen-bond acceptors (Lipinski definition) is 5. The van der Waals surface area contributed by atoms with E-state index in [1.54, 1.807) is 24.3 Å². The van der Waals surface area contributed by atoms with Crippen molar-refractivity contribution in [2.75, 3.05) is 40.3 Å². The zero-order valence-electron chi connectivity index (χ0n) is 14.9. The minimum Gasteiger partial charge on any atom is -0.492 e. The number of benzene rings is 2. The number of halogens is 1. The van der Waals surface area contributed by atoms with Crippen LogP contribution in [0.2, 0.25) is 0 Å². The number of fused-ring (bicyclic) bond motifs is 1. The van der Waals surface area contributed by atoms with Crippen molar-refractivity contribution in [3.05, 3.63) is 69.5 Å². The van der Waals surface area contributed by atoms with Crippen LogP contribution in [-0.2, 0) is 0 Å². The first kappa shape index (κ1) is 18.3. The zero-order chi connectivity index (χ0) is 18.7. The Hall–Kier alpha value is -2.51. The molecule has 26 heavy (non-hydrogen) atoms. The number of nitro groups is 1. The number of hydrogen-bond donors (Lipinski definition) is 0. The third kappa shape index (κ3) is 3.84. The summed E-state index contributed by atoms with van der Waals surface area (Å²) < 4.78 is 20.4. The minimum atomic E-state index is -0.437. The maximum absolute atomic E-state index is 14.6. The van der Waals surface area contributed by atoms with E-state index in [-0.39, 0.29) is 11.5 Å². The Morgan fingerprint density at radius 2 is 2.04 bits per heavy atom. The van der Waals surface area contributed by atoms with Crippen LogP contribution in [0.1, 0.15) is 17.2 Å². The summed E-state index contributed by atoms with van der Waals surface area (Å²) in [6.45, 7) is 2.53. The molecule has 0 spiro atoms. The molecule has 6 nitrogen and oxygen atoms in total. The van der Waals surface area contributed by atoms with E-state index < -0.39 is 11.0 Å². The zero-order valence-corrected chi connectivity index (χ0v) is 14.9. The molecule has 7 heteroatoms. The fraction of sp³-hybridized carbons (Fsp3) is 0.368. The molecular weight excluding hydrogens is 337 g/mol. The topological polar surface area (TPSA) is 58.8 Å². The molecule has 1 aliphatic heterocycles. The van der Waals surface area contributed by atoms with Gasteiger partial charge >= 0.3 is 0 Å². The quantitative estimate of drug-likeness (QED) is 0.607. The molecule has 3 rings (SSSR count). The largest absolute Gasteiger partial charge is 0.492 e. The Balaban J connectivity index is 2.12. The van der Waals surface area contributed by atoms with Gasteiger partial charge in [0.2, 0.25) is 0 Å². The molecule has 0 aliphatic carbocycles. The summed E-state index contributed by atoms with van der Waals surface area (Å²) in [5.41, 5.74) is 1.10. The van der Waals surface area contributed by atoms with Crippen molar-refractivity contribution < 1.29 is 14.1 Å². The number of rotatable bonds is 5. The summed E-state index contributed by atoms with van der Waals surface area (Å²) in [6.07, 6.45) is 0. The molecule has 0 amide bonds. The lowest BCUT2D eigenvalue weighted by Crippen LogP contribution is -2.37. The fourth-order valence-corrected chi connectivity index (χ4v) is 3.22. The van der Waals surface area contributed by atoms with Crippen LogP contribution in [0.4, 0.5) is 10.1 Å². The van der Waals surface area contributed by atoms with E-state index >= 15 is 0 Å². The molecule has 2 aromatic rings. The van der Waals surface area contributed by atoms with Crippen LogP contribution in [-0.4, -0.2) is 55.1 Å². The molecule has 0 saturated heterocycles. The molecule has 2 aromatic carbocycles. The van der Waals surface area contributed by atoms with E-state index in [0.717, 1.165) is 6.54 Å². The number of ether oxygens (including phenoxy) is 1. The van der Waals surface area contributed by atoms with Gasteiger partial charge in [0.15, 0.2) is 0 Å². The predicted molar refractivity (Wildman–Crippen MR) is 97.0 cm³/mol. The van der Waals surface area contributed by atoms with E-state index in [2.05, 4.69) is 9.80 Å². The molecule has 0 radical (unpaired) electrons. The van der Waals surface area contributed by atoms with Gasteiger partial charge < -0.3 is 9.64 Å². The van der Waals surface area contributed by atoms with Gasteiger partial charge in [-0.2, -0.15) is 0 Å². The van der Waals surface area contributed by atoms with Crippen LogP contribution < -0.4 is 4.74 Å². The van der Waals surface area contributed by atoms with E-state index in [0.29, 0.717) is 36.6 Å². The second-order valence-electron chi connectivity index (χ2n) is 6.59. The Bertz CT molecular complexity index is 797. The fourth-order valence-electron chi connectivity index (χ4n) is 3.22. The maximum atomic E-state index is 14.6. The predicted octanol–water partition coefficient (Wildman–Crippen LogP) is 3.08. The lowest BCUT2D eigenvalue weighted by molar-refractivity contribution is -0.385. The second kappa shape index (κ2) is 7.80. The van der Waals surface area contributed by atoms with Crippen molar-refractivity contribution in [1.82, 2.24) is 9.80 Å². The Kier molecular flexibility index (Phi) is 5.49. The minimum absolute atomic E-state index is 0.0249. The summed E-state index contributed by atoms with van der Waals surface area (Å²) in [5, 5.41) is 11.2. The molecule has 0 N–H and O–H groups in total. The molecule has 0 saturated carbocycles. The Labute approximate surface area is 151 Å². The van der Waals surface area contributed by atoms with Gasteiger partial charge in [-0.15, -0.1) is 0 Å². The van der Waals surface area contributed by atoms with Crippen LogP contribution in [0.25, 0.3) is 0 Å². The van der Waals surface area contributed by atoms with Gasteiger partial charge in [0.1, 0.15) is 18.2 Å². The normalized spacial score (nSPS) is 17.5. The van der Waals surface area contributed by atoms with Gasteiger partial charge in [-0.3, -0.25) is 15.0 Å². The average molecular weight is 359 g/mol. The Morgan fingerprint density at radius 1 is 1.27 bits per heavy atom. The van der Waals surface area contributed by atoms with Gasteiger partial charge in [-0.25, -0.2) is 4.39 Å². The van der Waals surface area contributed by atoms with E-state index in [1.807, 2.05) is 14.1 Å². The second-order valence-corrected chi connectivity index (χ2v) is 6.59. The highest BCUT2D eigenvalue weighted by molar-refractivity contribution is 5.49. The molecule has 1 heterocycles. The standard InChI is InChI=1S/C19H22FN3O3/c1-21(2)9-10-22-11-12-26-18-8-7-14(23(24)25)13-16(18)19(22)15-5-3-4-6-17(15)20/h3-8,13,19H,9-12H2,1-2H3. The van der Waals surface area contributed by atoms with Gasteiger partial charge in [-0.1, -0.05) is 18.2 Å². The van der Waals surface area contributed by atoms with Gasteiger partial charge in [-0.05, 0) is 26.2 Å². The van der Waals surface area contributed by atoms with Gasteiger partial charge in [0.25, 0.3) is 5.69 Å². The molecular formula is C19H22FN3O3. The lowest BCUT2D eigenvalue weighted by atomic mass is 9.95. The molecule has 138 valence electrons. The molecule has 1 aliphatic rings. The first-order valence-electron chi connectivity index (χ1n) is 8.51. The smallest absolute Gasteiger partial charge is 0.270 e. The van der Waals surface area contributed by atoms with Crippen molar-refractivity contribution in [1.29, 1.82) is 0 Å². The van der Waals surface area contributed by atoms with Crippen molar-refractivity contribution in [2.45, 2.75) is 6.04 Å². The number of nitrogens with zero attached hydrogens (tertiary/aromatic N) is 3. The molecule has 1 atom stereocenters. The average Bonchev–Trinajstić information content (AvgIpc) is 2.79. The van der Waals surface area contributed by atoms with E-state index in [4.69, 9.17) is 4.74 Å². The van der Waals surface area contributed by atoms with Gasteiger partial charge in [0.05, 0.1) is 11.0 Å². The summed E-state index contributed by atoms with van der Waals surface area (Å²) in [5.74, 6) is 0.239. The number of nitro benzene ring substituents is 1. The van der Waals surface area contributed by atoms with Crippen molar-refractivity contribution in [3.63, 3.8) is 0 Å². The van der Waals surface area contributed by atoms with Crippen molar-refractivity contribution in [2.24, 2.45) is 0 Å². The third-order valence-electron chi connectivity index (χ3n) is 4.53. The van der Waals surface area contributed by atoms with Crippen LogP contribution in [0.15, 0.2) is 42.5 Å². The van der Waals surface area contributed by atoms with Crippen LogP contribution in [0.3, 0.4) is 0 Å². The molecule has 0 bridgehead atoms. The lowest BCUT2D eigenvalue weighted by Gasteiger charge is -2.31. The maximum Gasteiger partial charge on any atom is 0.270 e. The third-order valence-corrected chi connectivity index (χ3v) is 4.53. The summed E-state index contributed by atoms with van der Waals surface area (Å²) in [4.78, 5) is 15.0. The molecule has 1 unspecified atom stereocenters. The summed E-state index contributed by atoms with van der Waals surface area (Å²) in [7, 11) is 3.95. The van der Waals surface area contributed by atoms with E-state index in [9.17, 15) is 14.5 Å². The monoisotopic (exact) mass is 359 g/mol. The highest BCUT2D eigenvalue weighted by Gasteiger charge is 2.31. The van der Waals surface area contributed by atoms with E-state index in [1.165, 1.54) is 18.2 Å². The SMILES string of the molecule is CN(C)CCN1CCOc2ccc([N+](=O)[O-])cc2C1c1ccccc1F. The van der Waals surface area contributed by atoms with Crippen LogP contribution in [0, 0.1) is 15.9 Å². The number of likely N-dealkylation sites (N-methyl/N-ethyl adjacent to an activating group) is 1. The Morgan fingerprint density at radius 3 is 2.73 bits per heavy atom. The molecule has 0 aromatic heterocycles. The summed E-state index contributed by atoms with van der Waals surface area (Å²) in [6, 6.07) is 10.7. The number of non-ortho nitro benzene ring substituents is 1. The molecule has 0 fully saturated rings. The van der Waals surface area contributed by atoms with Crippen LogP contribution >= 0.6 is 0 Å². The highest BCUT2D eigenvalue weighted by Crippen LogP contribution is 2.39. The van der Waals surface area contributed by atoms with Crippen LogP contribution in [0.5, 0.6) is 5.75 Å². The summed E-state index contributed by atoms with van der Waals surface area (Å²) >= 11 is 0. The highest BCUT2D eigenvalue weighted by atomic mass is 19.1. The van der Waals surface area contributed by atoms with Crippen molar-refractivity contribution >= 4 is 5.69 Å². The first-order chi connectivity index (χ1) is 12.5. The van der Waals surface area contributed by atoms with Gasteiger partial charge in [0, 0.05) is 42.9 Å². The van der Waals surface area contributed by atoms with Crippen molar-refractivity contribution in [3.8, 4) is 5.75 Å².